The number of rotatable bonds is 11. The molecule has 0 bridgehead atoms. The topological polar surface area (TPSA) is 27.7 Å². The molecule has 24 heavy (non-hydrogen) atoms. The summed E-state index contributed by atoms with van der Waals surface area (Å²) in [5.41, 5.74) is 0.197. The van der Waals surface area contributed by atoms with Gasteiger partial charge in [-0.1, -0.05) is 6.42 Å². The number of aryl methyl sites for hydroxylation is 1. The predicted octanol–water partition coefficient (Wildman–Crippen LogP) is 4.61. The Balaban J connectivity index is 2.26. The van der Waals surface area contributed by atoms with Gasteiger partial charge in [-0.2, -0.15) is 0 Å². The molecule has 0 aromatic heterocycles. The third-order valence-corrected chi connectivity index (χ3v) is 3.93. The Labute approximate surface area is 144 Å². The van der Waals surface area contributed by atoms with Gasteiger partial charge >= 0.3 is 0 Å². The van der Waals surface area contributed by atoms with Crippen molar-refractivity contribution >= 4 is 9.76 Å². The van der Waals surface area contributed by atoms with Gasteiger partial charge in [0.15, 0.2) is 11.6 Å². The highest BCUT2D eigenvalue weighted by molar-refractivity contribution is 6.27. The Morgan fingerprint density at radius 3 is 2.04 bits per heavy atom. The summed E-state index contributed by atoms with van der Waals surface area (Å²) >= 11 is 0. The fourth-order valence-corrected chi connectivity index (χ4v) is 2.69. The summed E-state index contributed by atoms with van der Waals surface area (Å²) in [7, 11) is 0.194. The summed E-state index contributed by atoms with van der Waals surface area (Å²) in [5.74, 6) is -2.88. The molecule has 0 N–H and O–H groups in total. The summed E-state index contributed by atoms with van der Waals surface area (Å²) in [6.07, 6.45) is 1.80. The standard InChI is InChI=1S/C17H25F3O3Si/c1-11(2)21-17(22-12(3)4)23-24-8-6-5-7-13-9-15(19)16(20)10-14(13)18/h9-12,17H,5-8H2,1-4H3. The fourth-order valence-electron chi connectivity index (χ4n) is 1.93. The monoisotopic (exact) mass is 362 g/mol. The van der Waals surface area contributed by atoms with Crippen molar-refractivity contribution in [1.82, 2.24) is 0 Å². The predicted molar refractivity (Wildman–Crippen MR) is 87.1 cm³/mol. The molecule has 1 aromatic carbocycles. The molecule has 0 aliphatic heterocycles. The first-order valence-electron chi connectivity index (χ1n) is 8.12. The quantitative estimate of drug-likeness (QED) is 0.249. The van der Waals surface area contributed by atoms with Gasteiger partial charge in [-0.15, -0.1) is 0 Å². The molecule has 0 amide bonds. The maximum atomic E-state index is 13.5. The van der Waals surface area contributed by atoms with Crippen LogP contribution in [0.1, 0.15) is 46.1 Å². The SMILES string of the molecule is CC(C)OC(O[Si]CCCCc1cc(F)c(F)cc1F)OC(C)C. The first-order valence-corrected chi connectivity index (χ1v) is 9.24. The second kappa shape index (κ2) is 10.9. The highest BCUT2D eigenvalue weighted by atomic mass is 28.2. The van der Waals surface area contributed by atoms with Crippen LogP contribution in [0.3, 0.4) is 0 Å². The van der Waals surface area contributed by atoms with E-state index >= 15 is 0 Å². The molecule has 136 valence electrons. The van der Waals surface area contributed by atoms with Crippen molar-refractivity contribution < 1.29 is 27.1 Å². The summed E-state index contributed by atoms with van der Waals surface area (Å²) in [6, 6.07) is 2.28. The van der Waals surface area contributed by atoms with Crippen LogP contribution in [-0.2, 0) is 20.3 Å². The van der Waals surface area contributed by atoms with Gasteiger partial charge in [-0.05, 0) is 58.2 Å². The summed E-state index contributed by atoms with van der Waals surface area (Å²) < 4.78 is 56.0. The highest BCUT2D eigenvalue weighted by Gasteiger charge is 2.14. The third-order valence-electron chi connectivity index (χ3n) is 3.01. The van der Waals surface area contributed by atoms with Crippen molar-refractivity contribution in [1.29, 1.82) is 0 Å². The third kappa shape index (κ3) is 8.28. The largest absolute Gasteiger partial charge is 0.372 e. The van der Waals surface area contributed by atoms with Gasteiger partial charge in [0.25, 0.3) is 6.48 Å². The molecule has 0 atom stereocenters. The van der Waals surface area contributed by atoms with Crippen molar-refractivity contribution in [3.63, 3.8) is 0 Å². The average molecular weight is 362 g/mol. The number of unbranched alkanes of at least 4 members (excludes halogenated alkanes) is 1. The van der Waals surface area contributed by atoms with Crippen molar-refractivity contribution in [2.24, 2.45) is 0 Å². The Bertz CT molecular complexity index is 488. The zero-order chi connectivity index (χ0) is 18.1. The molecule has 0 saturated heterocycles. The van der Waals surface area contributed by atoms with E-state index in [1.54, 1.807) is 0 Å². The maximum absolute atomic E-state index is 13.5. The minimum Gasteiger partial charge on any atom is -0.372 e. The van der Waals surface area contributed by atoms with Crippen molar-refractivity contribution in [2.75, 3.05) is 0 Å². The van der Waals surface area contributed by atoms with Gasteiger partial charge in [-0.25, -0.2) is 13.2 Å². The van der Waals surface area contributed by atoms with Gasteiger partial charge in [0.1, 0.15) is 5.82 Å². The summed E-state index contributed by atoms with van der Waals surface area (Å²) in [4.78, 5) is 0. The van der Waals surface area contributed by atoms with Gasteiger partial charge in [0, 0.05) is 6.07 Å². The lowest BCUT2D eigenvalue weighted by molar-refractivity contribution is -0.275. The van der Waals surface area contributed by atoms with Gasteiger partial charge in [0.2, 0.25) is 9.76 Å². The zero-order valence-corrected chi connectivity index (χ0v) is 15.6. The van der Waals surface area contributed by atoms with Gasteiger partial charge < -0.3 is 13.9 Å². The summed E-state index contributed by atoms with van der Waals surface area (Å²) in [6.45, 7) is 6.92. The molecule has 0 aliphatic carbocycles. The zero-order valence-electron chi connectivity index (χ0n) is 14.6. The lowest BCUT2D eigenvalue weighted by atomic mass is 10.1. The van der Waals surface area contributed by atoms with Crippen molar-refractivity contribution in [3.05, 3.63) is 35.1 Å². The van der Waals surface area contributed by atoms with Gasteiger partial charge in [0.05, 0.1) is 12.2 Å². The van der Waals surface area contributed by atoms with Crippen LogP contribution in [0.5, 0.6) is 0 Å². The Kier molecular flexibility index (Phi) is 9.58. The van der Waals surface area contributed by atoms with E-state index in [2.05, 4.69) is 0 Å². The Hall–Kier alpha value is -0.893. The molecule has 1 aromatic rings. The minimum atomic E-state index is -1.16. The molecule has 2 radical (unpaired) electrons. The second-order valence-corrected chi connectivity index (χ2v) is 7.01. The number of hydrogen-bond donors (Lipinski definition) is 0. The van der Waals surface area contributed by atoms with Crippen LogP contribution in [0.25, 0.3) is 0 Å². The van der Waals surface area contributed by atoms with Crippen LogP contribution >= 0.6 is 0 Å². The Morgan fingerprint density at radius 2 is 1.46 bits per heavy atom. The van der Waals surface area contributed by atoms with E-state index in [1.165, 1.54) is 0 Å². The molecular weight excluding hydrogens is 337 g/mol. The van der Waals surface area contributed by atoms with Crippen molar-refractivity contribution in [3.8, 4) is 0 Å². The molecule has 0 spiro atoms. The van der Waals surface area contributed by atoms with Crippen LogP contribution in [0.15, 0.2) is 12.1 Å². The van der Waals surface area contributed by atoms with E-state index < -0.39 is 23.9 Å². The summed E-state index contributed by atoms with van der Waals surface area (Å²) in [5, 5.41) is 0. The van der Waals surface area contributed by atoms with Gasteiger partial charge in [-0.3, -0.25) is 0 Å². The first-order chi connectivity index (χ1) is 11.3. The van der Waals surface area contributed by atoms with Crippen LogP contribution in [-0.4, -0.2) is 28.4 Å². The van der Waals surface area contributed by atoms with Crippen LogP contribution in [0, 0.1) is 17.5 Å². The Morgan fingerprint density at radius 1 is 0.875 bits per heavy atom. The first kappa shape index (κ1) is 21.2. The molecular formula is C17H25F3O3Si. The minimum absolute atomic E-state index is 0.00472. The van der Waals surface area contributed by atoms with Crippen molar-refractivity contribution in [2.45, 2.75) is 71.7 Å². The highest BCUT2D eigenvalue weighted by Crippen LogP contribution is 2.16. The van der Waals surface area contributed by atoms with E-state index in [0.717, 1.165) is 18.5 Å². The molecule has 0 heterocycles. The molecule has 1 rings (SSSR count). The lowest BCUT2D eigenvalue weighted by Crippen LogP contribution is -2.28. The van der Waals surface area contributed by atoms with E-state index in [9.17, 15) is 13.2 Å². The van der Waals surface area contributed by atoms with Crippen LogP contribution in [0.2, 0.25) is 6.04 Å². The normalized spacial score (nSPS) is 11.9. The lowest BCUT2D eigenvalue weighted by Gasteiger charge is -2.22. The number of benzene rings is 1. The van der Waals surface area contributed by atoms with E-state index in [0.29, 0.717) is 18.9 Å². The van der Waals surface area contributed by atoms with E-state index in [-0.39, 0.29) is 27.5 Å². The molecule has 0 aliphatic rings. The molecule has 3 nitrogen and oxygen atoms in total. The second-order valence-electron chi connectivity index (χ2n) is 5.99. The molecule has 7 heteroatoms. The fraction of sp³-hybridized carbons (Fsp3) is 0.647. The maximum Gasteiger partial charge on any atom is 0.262 e. The average Bonchev–Trinajstić information content (AvgIpc) is 2.46. The van der Waals surface area contributed by atoms with E-state index in [1.807, 2.05) is 27.7 Å². The molecule has 0 fully saturated rings. The smallest absolute Gasteiger partial charge is 0.262 e. The number of hydrogen-bond acceptors (Lipinski definition) is 3. The number of halogens is 3. The molecule has 0 unspecified atom stereocenters. The van der Waals surface area contributed by atoms with Crippen LogP contribution in [0.4, 0.5) is 13.2 Å². The van der Waals surface area contributed by atoms with E-state index in [4.69, 9.17) is 13.9 Å². The molecule has 0 saturated carbocycles. The van der Waals surface area contributed by atoms with Crippen LogP contribution < -0.4 is 0 Å². The number of ether oxygens (including phenoxy) is 2.